The largest absolute Gasteiger partial charge is 0.383 e. The molecule has 5 rings (SSSR count). The van der Waals surface area contributed by atoms with Gasteiger partial charge in [0.2, 0.25) is 0 Å². The van der Waals surface area contributed by atoms with Crippen molar-refractivity contribution >= 4 is 17.5 Å². The van der Waals surface area contributed by atoms with Crippen LogP contribution in [0.25, 0.3) is 11.3 Å². The van der Waals surface area contributed by atoms with E-state index in [0.717, 1.165) is 56.1 Å². The van der Waals surface area contributed by atoms with Crippen LogP contribution in [0.3, 0.4) is 0 Å². The number of nitrogens with two attached hydrogens (primary N) is 2. The molecule has 3 aromatic rings. The molecule has 0 atom stereocenters. The third-order valence-corrected chi connectivity index (χ3v) is 7.13. The maximum Gasteiger partial charge on any atom is 0.256 e. The highest BCUT2D eigenvalue weighted by molar-refractivity contribution is 6.01. The lowest BCUT2D eigenvalue weighted by Gasteiger charge is -2.34. The maximum atomic E-state index is 13.8. The lowest BCUT2D eigenvalue weighted by atomic mass is 9.95. The molecule has 4 N–H and O–H groups in total. The lowest BCUT2D eigenvalue weighted by Crippen LogP contribution is -2.39. The van der Waals surface area contributed by atoms with Gasteiger partial charge in [-0.15, -0.1) is 0 Å². The second kappa shape index (κ2) is 9.61. The molecule has 0 unspecified atom stereocenters. The van der Waals surface area contributed by atoms with Crippen LogP contribution in [0.1, 0.15) is 46.9 Å². The molecule has 35 heavy (non-hydrogen) atoms. The summed E-state index contributed by atoms with van der Waals surface area (Å²) in [5.74, 6) is 1.08. The third-order valence-electron chi connectivity index (χ3n) is 7.13. The topological polar surface area (TPSA) is 119 Å². The molecule has 10 heteroatoms. The van der Waals surface area contributed by atoms with Crippen LogP contribution in [0, 0.1) is 12.7 Å². The quantitative estimate of drug-likeness (QED) is 0.536. The second-order valence-corrected chi connectivity index (χ2v) is 9.42. The Labute approximate surface area is 204 Å². The van der Waals surface area contributed by atoms with Gasteiger partial charge in [-0.25, -0.2) is 19.3 Å². The molecule has 2 aliphatic heterocycles. The molecular weight excluding hydrogens is 447 g/mol. The summed E-state index contributed by atoms with van der Waals surface area (Å²) in [7, 11) is 0. The number of piperidine rings is 1. The van der Waals surface area contributed by atoms with Crippen LogP contribution < -0.4 is 16.4 Å². The van der Waals surface area contributed by atoms with Gasteiger partial charge in [-0.05, 0) is 63.0 Å². The molecule has 1 aromatic carbocycles. The van der Waals surface area contributed by atoms with E-state index in [1.54, 1.807) is 13.0 Å². The number of hydrogen-bond acceptors (Lipinski definition) is 7. The summed E-state index contributed by atoms with van der Waals surface area (Å²) >= 11 is 0. The van der Waals surface area contributed by atoms with Crippen LogP contribution in [-0.2, 0) is 6.54 Å². The molecule has 2 aliphatic rings. The number of rotatable bonds is 7. The van der Waals surface area contributed by atoms with Gasteiger partial charge in [-0.2, -0.15) is 0 Å². The standard InChI is InChI=1S/C25H31FN8O/c1-16-13-18(3-4-19(16)26)20-14-34(12-11-32-7-2-8-32)24(31-20)17-5-9-33(10-6-17)25-21(23(28)35)22(27)29-15-30-25/h3-4,13-15,17H,2,5-12H2,1H3,(H2,28,35)(H2,27,29,30). The van der Waals surface area contributed by atoms with E-state index in [2.05, 4.69) is 25.6 Å². The van der Waals surface area contributed by atoms with Crippen molar-refractivity contribution in [1.82, 2.24) is 24.4 Å². The number of aromatic nitrogens is 4. The zero-order valence-electron chi connectivity index (χ0n) is 20.0. The molecule has 2 saturated heterocycles. The van der Waals surface area contributed by atoms with Crippen LogP contribution in [0.5, 0.6) is 0 Å². The van der Waals surface area contributed by atoms with Crippen molar-refractivity contribution in [3.63, 3.8) is 0 Å². The number of nitrogen functional groups attached to an aromatic ring is 1. The predicted octanol–water partition coefficient (Wildman–Crippen LogP) is 2.56. The van der Waals surface area contributed by atoms with E-state index >= 15 is 0 Å². The highest BCUT2D eigenvalue weighted by atomic mass is 19.1. The van der Waals surface area contributed by atoms with Crippen molar-refractivity contribution in [1.29, 1.82) is 0 Å². The fourth-order valence-corrected chi connectivity index (χ4v) is 4.95. The first-order valence-corrected chi connectivity index (χ1v) is 12.1. The summed E-state index contributed by atoms with van der Waals surface area (Å²) in [6.07, 6.45) is 6.43. The minimum Gasteiger partial charge on any atom is -0.383 e. The smallest absolute Gasteiger partial charge is 0.256 e. The molecule has 4 heterocycles. The molecule has 2 aromatic heterocycles. The molecule has 1 amide bonds. The first-order chi connectivity index (χ1) is 16.9. The molecule has 0 radical (unpaired) electrons. The van der Waals surface area contributed by atoms with Gasteiger partial charge in [0.15, 0.2) is 0 Å². The highest BCUT2D eigenvalue weighted by Gasteiger charge is 2.29. The number of primary amides is 1. The van der Waals surface area contributed by atoms with Crippen molar-refractivity contribution in [3.05, 3.63) is 53.5 Å². The van der Waals surface area contributed by atoms with E-state index in [4.69, 9.17) is 16.5 Å². The van der Waals surface area contributed by atoms with Gasteiger partial charge in [0.05, 0.1) is 5.69 Å². The van der Waals surface area contributed by atoms with Crippen molar-refractivity contribution in [3.8, 4) is 11.3 Å². The fraction of sp³-hybridized carbons (Fsp3) is 0.440. The molecule has 0 bridgehead atoms. The number of hydrogen-bond donors (Lipinski definition) is 2. The van der Waals surface area contributed by atoms with E-state index in [1.807, 2.05) is 11.0 Å². The van der Waals surface area contributed by atoms with E-state index in [9.17, 15) is 9.18 Å². The molecule has 0 saturated carbocycles. The van der Waals surface area contributed by atoms with E-state index < -0.39 is 5.91 Å². The second-order valence-electron chi connectivity index (χ2n) is 9.42. The zero-order valence-corrected chi connectivity index (χ0v) is 20.0. The lowest BCUT2D eigenvalue weighted by molar-refractivity contribution is 0.100. The number of amides is 1. The summed E-state index contributed by atoms with van der Waals surface area (Å²) in [6.45, 7) is 7.34. The zero-order chi connectivity index (χ0) is 24.5. The van der Waals surface area contributed by atoms with Gasteiger partial charge >= 0.3 is 0 Å². The summed E-state index contributed by atoms with van der Waals surface area (Å²) in [4.78, 5) is 29.7. The Hall–Kier alpha value is -3.53. The Morgan fingerprint density at radius 3 is 2.57 bits per heavy atom. The Balaban J connectivity index is 1.38. The summed E-state index contributed by atoms with van der Waals surface area (Å²) in [5, 5.41) is 0. The average molecular weight is 479 g/mol. The first-order valence-electron chi connectivity index (χ1n) is 12.1. The SMILES string of the molecule is Cc1cc(-c2cn(CCN3CCC3)c(C3CCN(c4ncnc(N)c4C(N)=O)CC3)n2)ccc1F. The van der Waals surface area contributed by atoms with E-state index in [1.165, 1.54) is 18.8 Å². The number of aryl methyl sites for hydroxylation is 1. The normalized spacial score (nSPS) is 16.9. The van der Waals surface area contributed by atoms with Gasteiger partial charge in [-0.3, -0.25) is 4.79 Å². The Kier molecular flexibility index (Phi) is 6.38. The molecule has 9 nitrogen and oxygen atoms in total. The van der Waals surface area contributed by atoms with Gasteiger partial charge in [0, 0.05) is 43.9 Å². The van der Waals surface area contributed by atoms with Crippen LogP contribution >= 0.6 is 0 Å². The number of imidazole rings is 1. The van der Waals surface area contributed by atoms with Gasteiger partial charge in [-0.1, -0.05) is 0 Å². The number of carbonyl (C=O) groups excluding carboxylic acids is 1. The summed E-state index contributed by atoms with van der Waals surface area (Å²) in [6, 6.07) is 5.15. The maximum absolute atomic E-state index is 13.8. The third kappa shape index (κ3) is 4.70. The number of anilines is 2. The van der Waals surface area contributed by atoms with Crippen molar-refractivity contribution in [2.45, 2.75) is 38.6 Å². The number of halogens is 1. The molecule has 0 aliphatic carbocycles. The average Bonchev–Trinajstić information content (AvgIpc) is 3.24. The van der Waals surface area contributed by atoms with Crippen molar-refractivity contribution in [2.75, 3.05) is 43.4 Å². The van der Waals surface area contributed by atoms with Gasteiger partial charge < -0.3 is 25.8 Å². The number of nitrogens with zero attached hydrogens (tertiary/aromatic N) is 6. The predicted molar refractivity (Wildman–Crippen MR) is 133 cm³/mol. The van der Waals surface area contributed by atoms with Crippen molar-refractivity contribution < 1.29 is 9.18 Å². The van der Waals surface area contributed by atoms with Gasteiger partial charge in [0.25, 0.3) is 5.91 Å². The summed E-state index contributed by atoms with van der Waals surface area (Å²) in [5.41, 5.74) is 14.0. The van der Waals surface area contributed by atoms with E-state index in [0.29, 0.717) is 24.5 Å². The molecule has 0 spiro atoms. The molecular formula is C25H31FN8O. The van der Waals surface area contributed by atoms with E-state index in [-0.39, 0.29) is 23.1 Å². The molecule has 184 valence electrons. The van der Waals surface area contributed by atoms with Crippen LogP contribution in [-0.4, -0.2) is 63.0 Å². The Morgan fingerprint density at radius 1 is 1.14 bits per heavy atom. The monoisotopic (exact) mass is 478 g/mol. The summed E-state index contributed by atoms with van der Waals surface area (Å²) < 4.78 is 16.1. The first kappa shape index (κ1) is 23.2. The number of benzene rings is 1. The van der Waals surface area contributed by atoms with Gasteiger partial charge in [0.1, 0.15) is 35.2 Å². The van der Waals surface area contributed by atoms with Crippen LogP contribution in [0.4, 0.5) is 16.0 Å². The number of carbonyl (C=O) groups is 1. The highest BCUT2D eigenvalue weighted by Crippen LogP contribution is 2.33. The van der Waals surface area contributed by atoms with Crippen LogP contribution in [0.2, 0.25) is 0 Å². The minimum absolute atomic E-state index is 0.102. The van der Waals surface area contributed by atoms with Crippen LogP contribution in [0.15, 0.2) is 30.7 Å². The Bertz CT molecular complexity index is 1230. The Morgan fingerprint density at radius 2 is 1.91 bits per heavy atom. The number of likely N-dealkylation sites (tertiary alicyclic amines) is 1. The minimum atomic E-state index is -0.624. The van der Waals surface area contributed by atoms with Crippen molar-refractivity contribution in [2.24, 2.45) is 5.73 Å². The fourth-order valence-electron chi connectivity index (χ4n) is 4.95. The molecule has 2 fully saturated rings.